The number of cyclic esters (lactones) is 1. The van der Waals surface area contributed by atoms with Crippen molar-refractivity contribution in [2.24, 2.45) is 17.6 Å². The molecular formula is C30H34N4O8S. The highest BCUT2D eigenvalue weighted by atomic mass is 32.2. The molecule has 1 aliphatic carbocycles. The number of nitrogens with zero attached hydrogens (tertiary/aromatic N) is 2. The summed E-state index contributed by atoms with van der Waals surface area (Å²) < 4.78 is 29.3. The van der Waals surface area contributed by atoms with Gasteiger partial charge in [-0.1, -0.05) is 0 Å². The zero-order valence-corrected chi connectivity index (χ0v) is 25.2. The van der Waals surface area contributed by atoms with E-state index in [9.17, 15) is 19.6 Å². The average Bonchev–Trinajstić information content (AvgIpc) is 3.46. The number of carbonyl (C=O) groups is 3. The fourth-order valence-electron chi connectivity index (χ4n) is 8.32. The average molecular weight is 611 g/mol. The van der Waals surface area contributed by atoms with Crippen molar-refractivity contribution in [3.63, 3.8) is 0 Å². The predicted octanol–water partition coefficient (Wildman–Crippen LogP) is 1.79. The van der Waals surface area contributed by atoms with Crippen LogP contribution in [0.3, 0.4) is 0 Å². The van der Waals surface area contributed by atoms with E-state index in [1.54, 1.807) is 0 Å². The number of benzene rings is 1. The molecule has 6 aliphatic rings. The van der Waals surface area contributed by atoms with Gasteiger partial charge in [0, 0.05) is 53.4 Å². The smallest absolute Gasteiger partial charge is 0.323 e. The van der Waals surface area contributed by atoms with E-state index in [1.165, 1.54) is 25.8 Å². The van der Waals surface area contributed by atoms with Gasteiger partial charge in [0.1, 0.15) is 24.4 Å². The molecule has 5 aliphatic heterocycles. The molecule has 13 heteroatoms. The Kier molecular flexibility index (Phi) is 6.88. The second-order valence-electron chi connectivity index (χ2n) is 12.2. The number of methoxy groups -OCH3 is 1. The normalized spacial score (nSPS) is 36.1. The molecule has 7 rings (SSSR count). The van der Waals surface area contributed by atoms with E-state index in [2.05, 4.69) is 16.3 Å². The van der Waals surface area contributed by atoms with E-state index in [-0.39, 0.29) is 42.9 Å². The zero-order valence-electron chi connectivity index (χ0n) is 24.4. The SMILES string of the molecule is COC1=C(C)CC2CC3NC(C2C1=O)C1C2SCC(N)C(=O)OCC(c4c5c(c(C)c(OC(C)=O)c42)OCO5)N1C3C#N. The summed E-state index contributed by atoms with van der Waals surface area (Å²) in [6.07, 6.45) is 1.34. The topological polar surface area (TPSA) is 162 Å². The van der Waals surface area contributed by atoms with E-state index in [0.717, 1.165) is 11.1 Å². The van der Waals surface area contributed by atoms with Crippen LogP contribution >= 0.6 is 11.8 Å². The van der Waals surface area contributed by atoms with Gasteiger partial charge in [-0.2, -0.15) is 5.26 Å². The summed E-state index contributed by atoms with van der Waals surface area (Å²) in [6.45, 7) is 4.97. The summed E-state index contributed by atoms with van der Waals surface area (Å²) in [5.41, 5.74) is 9.21. The third kappa shape index (κ3) is 4.10. The minimum atomic E-state index is -0.884. The standard InChI is InChI=1S/C30H34N4O8S/c1-11-5-14-6-16-17(7-31)34-18-8-39-30(37)15(32)9-43-29(23(34)22(33-16)19(14)24(36)25(11)38-4)21-20(18)28-27(40-10-41-28)12(2)26(21)42-13(3)35/h14-19,22-23,29,33H,5-6,8-10,32H2,1-4H3. The van der Waals surface area contributed by atoms with Gasteiger partial charge in [0.25, 0.3) is 0 Å². The summed E-state index contributed by atoms with van der Waals surface area (Å²) >= 11 is 1.44. The maximum absolute atomic E-state index is 14.1. The number of hydrogen-bond donors (Lipinski definition) is 2. The van der Waals surface area contributed by atoms with E-state index >= 15 is 0 Å². The highest BCUT2D eigenvalue weighted by molar-refractivity contribution is 7.99. The Bertz CT molecular complexity index is 1510. The minimum Gasteiger partial charge on any atom is -0.493 e. The fraction of sp³-hybridized carbons (Fsp3) is 0.600. The summed E-state index contributed by atoms with van der Waals surface area (Å²) in [5.74, 6) is 0.466. The van der Waals surface area contributed by atoms with Crippen LogP contribution in [-0.4, -0.2) is 79.1 Å². The first-order valence-corrected chi connectivity index (χ1v) is 15.6. The first-order valence-electron chi connectivity index (χ1n) is 14.5. The number of nitriles is 1. The maximum atomic E-state index is 14.1. The number of ether oxygens (including phenoxy) is 5. The number of piperidine rings is 1. The highest BCUT2D eigenvalue weighted by Gasteiger charge is 2.62. The van der Waals surface area contributed by atoms with Crippen LogP contribution in [0.1, 0.15) is 54.7 Å². The van der Waals surface area contributed by atoms with Gasteiger partial charge >= 0.3 is 11.9 Å². The van der Waals surface area contributed by atoms with Crippen LogP contribution in [0.2, 0.25) is 0 Å². The molecule has 1 aromatic rings. The molecule has 3 N–H and O–H groups in total. The fourth-order valence-corrected chi connectivity index (χ4v) is 9.78. The summed E-state index contributed by atoms with van der Waals surface area (Å²) in [6, 6.07) is -0.597. The first-order chi connectivity index (χ1) is 20.7. The maximum Gasteiger partial charge on any atom is 0.323 e. The van der Waals surface area contributed by atoms with Crippen LogP contribution in [0.25, 0.3) is 0 Å². The van der Waals surface area contributed by atoms with Crippen LogP contribution < -0.4 is 25.3 Å². The van der Waals surface area contributed by atoms with Gasteiger partial charge in [0.15, 0.2) is 17.3 Å². The lowest BCUT2D eigenvalue weighted by Gasteiger charge is -2.61. The second kappa shape index (κ2) is 10.4. The summed E-state index contributed by atoms with van der Waals surface area (Å²) in [5, 5.41) is 14.0. The molecule has 0 spiro atoms. The molecule has 0 saturated carbocycles. The van der Waals surface area contributed by atoms with E-state index < -0.39 is 47.3 Å². The van der Waals surface area contributed by atoms with E-state index in [0.29, 0.717) is 47.0 Å². The van der Waals surface area contributed by atoms with Gasteiger partial charge in [-0.3, -0.25) is 19.3 Å². The summed E-state index contributed by atoms with van der Waals surface area (Å²) in [7, 11) is 1.53. The number of esters is 2. The lowest BCUT2D eigenvalue weighted by Crippen LogP contribution is -2.76. The van der Waals surface area contributed by atoms with Crippen molar-refractivity contribution in [1.29, 1.82) is 5.26 Å². The summed E-state index contributed by atoms with van der Waals surface area (Å²) in [4.78, 5) is 41.6. The van der Waals surface area contributed by atoms with Crippen molar-refractivity contribution in [2.45, 2.75) is 75.1 Å². The predicted molar refractivity (Wildman–Crippen MR) is 152 cm³/mol. The van der Waals surface area contributed by atoms with Gasteiger partial charge in [-0.25, -0.2) is 0 Å². The molecule has 9 unspecified atom stereocenters. The molecule has 1 aromatic carbocycles. The van der Waals surface area contributed by atoms with Crippen LogP contribution in [-0.2, 0) is 23.9 Å². The number of hydrogen-bond acceptors (Lipinski definition) is 13. The number of ketones is 1. The van der Waals surface area contributed by atoms with Gasteiger partial charge in [-0.05, 0) is 38.2 Å². The number of allylic oxidation sites excluding steroid dienone is 2. The van der Waals surface area contributed by atoms with Crippen molar-refractivity contribution in [1.82, 2.24) is 10.2 Å². The Morgan fingerprint density at radius 1 is 1.19 bits per heavy atom. The Morgan fingerprint density at radius 3 is 2.67 bits per heavy atom. The second-order valence-corrected chi connectivity index (χ2v) is 13.3. The Labute approximate surface area is 253 Å². The number of fused-ring (bicyclic) bond motifs is 9. The zero-order chi connectivity index (χ0) is 30.3. The van der Waals surface area contributed by atoms with E-state index in [4.69, 9.17) is 29.4 Å². The molecule has 0 amide bonds. The third-order valence-electron chi connectivity index (χ3n) is 9.84. The van der Waals surface area contributed by atoms with Crippen LogP contribution in [0.5, 0.6) is 17.2 Å². The molecule has 12 nitrogen and oxygen atoms in total. The largest absolute Gasteiger partial charge is 0.493 e. The Balaban J connectivity index is 1.49. The highest BCUT2D eigenvalue weighted by Crippen LogP contribution is 2.61. The van der Waals surface area contributed by atoms with Gasteiger partial charge in [0.2, 0.25) is 12.6 Å². The van der Waals surface area contributed by atoms with Gasteiger partial charge < -0.3 is 34.7 Å². The number of piperazine rings is 1. The third-order valence-corrected chi connectivity index (χ3v) is 11.3. The monoisotopic (exact) mass is 610 g/mol. The molecule has 9 atom stereocenters. The Morgan fingerprint density at radius 2 is 1.95 bits per heavy atom. The molecule has 3 saturated heterocycles. The number of nitrogens with one attached hydrogen (secondary N) is 1. The van der Waals surface area contributed by atoms with Crippen molar-refractivity contribution in [3.8, 4) is 23.3 Å². The number of carbonyl (C=O) groups excluding carboxylic acids is 3. The molecule has 43 heavy (non-hydrogen) atoms. The number of rotatable bonds is 2. The van der Waals surface area contributed by atoms with Crippen molar-refractivity contribution < 1.29 is 38.1 Å². The lowest BCUT2D eigenvalue weighted by molar-refractivity contribution is -0.150. The molecule has 3 fully saturated rings. The van der Waals surface area contributed by atoms with Crippen molar-refractivity contribution >= 4 is 29.5 Å². The molecule has 0 aromatic heterocycles. The first kappa shape index (κ1) is 28.5. The Hall–Kier alpha value is -3.31. The van der Waals surface area contributed by atoms with E-state index in [1.807, 2.05) is 13.8 Å². The van der Waals surface area contributed by atoms with Crippen molar-refractivity contribution in [2.75, 3.05) is 26.3 Å². The van der Waals surface area contributed by atoms with Crippen LogP contribution in [0.4, 0.5) is 0 Å². The molecule has 228 valence electrons. The van der Waals surface area contributed by atoms with Crippen molar-refractivity contribution in [3.05, 3.63) is 28.0 Å². The molecular weight excluding hydrogens is 576 g/mol. The molecule has 4 bridgehead atoms. The quantitative estimate of drug-likeness (QED) is 0.369. The van der Waals surface area contributed by atoms with Gasteiger partial charge in [-0.15, -0.1) is 11.8 Å². The van der Waals surface area contributed by atoms with Crippen LogP contribution in [0, 0.1) is 30.1 Å². The lowest BCUT2D eigenvalue weighted by atomic mass is 9.62. The van der Waals surface area contributed by atoms with Gasteiger partial charge in [0.05, 0.1) is 24.5 Å². The number of Topliss-reactive ketones (excluding diaryl/α,β-unsaturated/α-hetero) is 1. The molecule has 0 radical (unpaired) electrons. The minimum absolute atomic E-state index is 0.0248. The molecule has 5 heterocycles. The number of thioether (sulfide) groups is 1. The van der Waals surface area contributed by atoms with Crippen LogP contribution in [0.15, 0.2) is 11.3 Å². The number of nitrogens with two attached hydrogens (primary N) is 1.